The normalized spacial score (nSPS) is 21.5. The van der Waals surface area contributed by atoms with Gasteiger partial charge in [-0.15, -0.1) is 0 Å². The van der Waals surface area contributed by atoms with Gasteiger partial charge in [-0.3, -0.25) is 4.90 Å². The molecule has 196 valence electrons. The molecule has 4 heterocycles. The van der Waals surface area contributed by atoms with E-state index in [0.29, 0.717) is 13.2 Å². The second kappa shape index (κ2) is 9.78. The third-order valence-electron chi connectivity index (χ3n) is 7.68. The molecule has 4 aliphatic rings. The molecule has 0 saturated heterocycles. The highest BCUT2D eigenvalue weighted by Gasteiger charge is 2.41. The number of thioether (sulfide) groups is 1. The topological polar surface area (TPSA) is 37.3 Å². The van der Waals surface area contributed by atoms with E-state index in [4.69, 9.17) is 14.5 Å². The molecule has 0 unspecified atom stereocenters. The number of benzene rings is 3. The molecule has 7 rings (SSSR count). The summed E-state index contributed by atoms with van der Waals surface area (Å²) in [5.41, 5.74) is 11.0. The van der Waals surface area contributed by atoms with Crippen LogP contribution in [0.1, 0.15) is 33.9 Å². The van der Waals surface area contributed by atoms with Crippen LogP contribution in [0.3, 0.4) is 0 Å². The fourth-order valence-corrected chi connectivity index (χ4v) is 6.67. The molecule has 5 nitrogen and oxygen atoms in total. The van der Waals surface area contributed by atoms with Gasteiger partial charge in [-0.05, 0) is 67.4 Å². The second-order valence-corrected chi connectivity index (χ2v) is 11.5. The molecule has 0 radical (unpaired) electrons. The van der Waals surface area contributed by atoms with Crippen molar-refractivity contribution in [3.63, 3.8) is 0 Å². The third-order valence-corrected chi connectivity index (χ3v) is 8.52. The first-order chi connectivity index (χ1) is 19.0. The van der Waals surface area contributed by atoms with Gasteiger partial charge in [0.15, 0.2) is 16.7 Å². The molecule has 0 fully saturated rings. The Labute approximate surface area is 234 Å². The fraction of sp³-hybridized carbons (Fsp3) is 0.242. The van der Waals surface area contributed by atoms with Gasteiger partial charge in [0.1, 0.15) is 13.2 Å². The lowest BCUT2D eigenvalue weighted by Crippen LogP contribution is -2.40. The minimum atomic E-state index is 0.0479. The maximum absolute atomic E-state index is 5.93. The van der Waals surface area contributed by atoms with E-state index < -0.39 is 0 Å². The Morgan fingerprint density at radius 3 is 2.36 bits per heavy atom. The number of hydrogen-bond acceptors (Lipinski definition) is 6. The number of fused-ring (bicyclic) bond motifs is 2. The van der Waals surface area contributed by atoms with Crippen LogP contribution in [0.4, 0.5) is 0 Å². The van der Waals surface area contributed by atoms with Crippen molar-refractivity contribution < 1.29 is 9.47 Å². The molecule has 39 heavy (non-hydrogen) atoms. The average Bonchev–Trinajstić information content (AvgIpc) is 3.37. The van der Waals surface area contributed by atoms with E-state index in [-0.39, 0.29) is 6.04 Å². The van der Waals surface area contributed by atoms with Gasteiger partial charge in [0, 0.05) is 24.1 Å². The van der Waals surface area contributed by atoms with Crippen molar-refractivity contribution in [1.82, 2.24) is 9.80 Å². The van der Waals surface area contributed by atoms with E-state index in [0.717, 1.165) is 46.7 Å². The molecule has 0 N–H and O–H groups in total. The van der Waals surface area contributed by atoms with E-state index in [1.165, 1.54) is 33.4 Å². The summed E-state index contributed by atoms with van der Waals surface area (Å²) in [7, 11) is 2.20. The summed E-state index contributed by atoms with van der Waals surface area (Å²) in [4.78, 5) is 10.2. The number of ether oxygens (including phenoxy) is 2. The SMILES string of the molecule is Cc1ccc(/C=C2\CN(C)CC3=C2N=C2SC=C(c4ccc5c(c4)OCCO5)N2[C@H]3c2ccc(C)cc2)cc1. The van der Waals surface area contributed by atoms with Crippen molar-refractivity contribution >= 4 is 28.7 Å². The highest BCUT2D eigenvalue weighted by atomic mass is 32.2. The molecular formula is C33H31N3O2S. The zero-order chi connectivity index (χ0) is 26.5. The third kappa shape index (κ3) is 4.48. The number of rotatable bonds is 3. The monoisotopic (exact) mass is 533 g/mol. The Hall–Kier alpha value is -3.74. The second-order valence-electron chi connectivity index (χ2n) is 10.7. The van der Waals surface area contributed by atoms with Crippen molar-refractivity contribution in [1.29, 1.82) is 0 Å². The number of hydrogen-bond donors (Lipinski definition) is 0. The maximum atomic E-state index is 5.93. The first kappa shape index (κ1) is 24.3. The van der Waals surface area contributed by atoms with E-state index in [9.17, 15) is 0 Å². The Balaban J connectivity index is 1.36. The number of aliphatic imine (C=N–C) groups is 1. The van der Waals surface area contributed by atoms with Gasteiger partial charge in [0.05, 0.1) is 17.4 Å². The van der Waals surface area contributed by atoms with Gasteiger partial charge in [0.2, 0.25) is 0 Å². The largest absolute Gasteiger partial charge is 0.486 e. The number of likely N-dealkylation sites (N-methyl/N-ethyl adjacent to an activating group) is 1. The number of nitrogens with zero attached hydrogens (tertiary/aromatic N) is 3. The standard InChI is InChI=1S/C33H31N3O2S/c1-21-4-8-23(9-5-21)16-26-18-35(3)19-27-31(26)34-33-36(32(27)24-10-6-22(2)7-11-24)28(20-39-33)25-12-13-29-30(17-25)38-15-14-37-29/h4-13,16-17,20,32H,14-15,18-19H2,1-3H3/b26-16+/t32-/m0/s1. The molecule has 4 aliphatic heterocycles. The van der Waals surface area contributed by atoms with Crippen LogP contribution in [-0.4, -0.2) is 48.3 Å². The molecule has 0 saturated carbocycles. The van der Waals surface area contributed by atoms with Gasteiger partial charge in [-0.1, -0.05) is 71.4 Å². The van der Waals surface area contributed by atoms with Gasteiger partial charge in [-0.25, -0.2) is 4.99 Å². The van der Waals surface area contributed by atoms with Crippen molar-refractivity contribution in [2.45, 2.75) is 19.9 Å². The first-order valence-electron chi connectivity index (χ1n) is 13.4. The highest BCUT2D eigenvalue weighted by molar-refractivity contribution is 8.16. The van der Waals surface area contributed by atoms with Crippen molar-refractivity contribution in [3.8, 4) is 11.5 Å². The van der Waals surface area contributed by atoms with Crippen LogP contribution in [0.5, 0.6) is 11.5 Å². The zero-order valence-electron chi connectivity index (χ0n) is 22.5. The molecular weight excluding hydrogens is 502 g/mol. The summed E-state index contributed by atoms with van der Waals surface area (Å²) in [6, 6.07) is 24.0. The summed E-state index contributed by atoms with van der Waals surface area (Å²) in [5, 5.41) is 3.25. The Morgan fingerprint density at radius 2 is 1.59 bits per heavy atom. The molecule has 0 bridgehead atoms. The number of amidine groups is 1. The van der Waals surface area contributed by atoms with Crippen LogP contribution in [0.2, 0.25) is 0 Å². The van der Waals surface area contributed by atoms with Crippen molar-refractivity contribution in [3.05, 3.63) is 117 Å². The summed E-state index contributed by atoms with van der Waals surface area (Å²) in [5.74, 6) is 1.61. The predicted molar refractivity (Wildman–Crippen MR) is 160 cm³/mol. The molecule has 0 amide bonds. The number of aryl methyl sites for hydroxylation is 2. The van der Waals surface area contributed by atoms with Crippen LogP contribution in [0.25, 0.3) is 11.8 Å². The lowest BCUT2D eigenvalue weighted by molar-refractivity contribution is 0.171. The van der Waals surface area contributed by atoms with Gasteiger partial charge in [-0.2, -0.15) is 0 Å². The van der Waals surface area contributed by atoms with E-state index in [1.807, 2.05) is 6.07 Å². The van der Waals surface area contributed by atoms with E-state index in [1.54, 1.807) is 11.8 Å². The summed E-state index contributed by atoms with van der Waals surface area (Å²) in [6.07, 6.45) is 2.31. The highest BCUT2D eigenvalue weighted by Crippen LogP contribution is 2.49. The van der Waals surface area contributed by atoms with Crippen LogP contribution < -0.4 is 9.47 Å². The molecule has 3 aromatic carbocycles. The van der Waals surface area contributed by atoms with Crippen molar-refractivity contribution in [2.75, 3.05) is 33.4 Å². The lowest BCUT2D eigenvalue weighted by atomic mass is 9.87. The fourth-order valence-electron chi connectivity index (χ4n) is 5.75. The quantitative estimate of drug-likeness (QED) is 0.370. The molecule has 0 aliphatic carbocycles. The molecule has 6 heteroatoms. The molecule has 3 aromatic rings. The smallest absolute Gasteiger partial charge is 0.174 e. The van der Waals surface area contributed by atoms with Crippen LogP contribution >= 0.6 is 11.8 Å². The summed E-state index contributed by atoms with van der Waals surface area (Å²) in [6.45, 7) is 7.18. The summed E-state index contributed by atoms with van der Waals surface area (Å²) >= 11 is 1.70. The Bertz CT molecular complexity index is 1570. The zero-order valence-corrected chi connectivity index (χ0v) is 23.3. The van der Waals surface area contributed by atoms with E-state index in [2.05, 4.69) is 103 Å². The average molecular weight is 534 g/mol. The Morgan fingerprint density at radius 1 is 0.872 bits per heavy atom. The molecule has 1 atom stereocenters. The Kier molecular flexibility index (Phi) is 6.09. The predicted octanol–water partition coefficient (Wildman–Crippen LogP) is 6.82. The minimum absolute atomic E-state index is 0.0479. The molecule has 0 spiro atoms. The minimum Gasteiger partial charge on any atom is -0.486 e. The van der Waals surface area contributed by atoms with Crippen LogP contribution in [0, 0.1) is 13.8 Å². The van der Waals surface area contributed by atoms with Gasteiger partial charge >= 0.3 is 0 Å². The van der Waals surface area contributed by atoms with Gasteiger partial charge < -0.3 is 14.4 Å². The molecule has 0 aromatic heterocycles. The maximum Gasteiger partial charge on any atom is 0.174 e. The first-order valence-corrected chi connectivity index (χ1v) is 14.3. The van der Waals surface area contributed by atoms with E-state index >= 15 is 0 Å². The lowest BCUT2D eigenvalue weighted by Gasteiger charge is -2.42. The van der Waals surface area contributed by atoms with Crippen molar-refractivity contribution in [2.24, 2.45) is 4.99 Å². The van der Waals surface area contributed by atoms with Crippen LogP contribution in [0.15, 0.2) is 94.0 Å². The van der Waals surface area contributed by atoms with Gasteiger partial charge in [0.25, 0.3) is 0 Å². The van der Waals surface area contributed by atoms with Crippen LogP contribution in [-0.2, 0) is 0 Å². The summed E-state index contributed by atoms with van der Waals surface area (Å²) < 4.78 is 11.7.